The zero-order valence-corrected chi connectivity index (χ0v) is 11.7. The SMILES string of the molecule is CCC1CCN(C(C)c2cccs2)C(CN)C1. The molecular weight excluding hydrogens is 228 g/mol. The van der Waals surface area contributed by atoms with Crippen LogP contribution in [0.3, 0.4) is 0 Å². The van der Waals surface area contributed by atoms with Crippen molar-refractivity contribution < 1.29 is 0 Å². The van der Waals surface area contributed by atoms with Crippen molar-refractivity contribution in [1.29, 1.82) is 0 Å². The van der Waals surface area contributed by atoms with Crippen LogP contribution >= 0.6 is 11.3 Å². The van der Waals surface area contributed by atoms with Crippen molar-refractivity contribution in [1.82, 2.24) is 4.90 Å². The third-order valence-corrected chi connectivity index (χ3v) is 5.21. The summed E-state index contributed by atoms with van der Waals surface area (Å²) in [6.07, 6.45) is 3.92. The van der Waals surface area contributed by atoms with E-state index in [1.165, 1.54) is 30.7 Å². The molecule has 2 rings (SSSR count). The van der Waals surface area contributed by atoms with E-state index in [0.29, 0.717) is 12.1 Å². The third kappa shape index (κ3) is 2.90. The standard InChI is InChI=1S/C14H24N2S/c1-3-12-6-7-16(13(9-12)10-15)11(2)14-5-4-8-17-14/h4-5,8,11-13H,3,6-7,9-10,15H2,1-2H3. The van der Waals surface area contributed by atoms with Crippen LogP contribution in [0.2, 0.25) is 0 Å². The number of rotatable bonds is 4. The molecule has 1 fully saturated rings. The summed E-state index contributed by atoms with van der Waals surface area (Å²) in [4.78, 5) is 4.08. The molecule has 3 atom stereocenters. The maximum absolute atomic E-state index is 5.96. The van der Waals surface area contributed by atoms with Crippen LogP contribution in [0.5, 0.6) is 0 Å². The first kappa shape index (κ1) is 13.1. The molecule has 1 aromatic heterocycles. The summed E-state index contributed by atoms with van der Waals surface area (Å²) in [7, 11) is 0. The molecule has 1 aliphatic heterocycles. The quantitative estimate of drug-likeness (QED) is 0.891. The van der Waals surface area contributed by atoms with Crippen LogP contribution in [0.25, 0.3) is 0 Å². The molecule has 0 saturated carbocycles. The van der Waals surface area contributed by atoms with Crippen LogP contribution < -0.4 is 5.73 Å². The Labute approximate surface area is 109 Å². The van der Waals surface area contributed by atoms with Gasteiger partial charge in [0, 0.05) is 23.5 Å². The first-order valence-electron chi connectivity index (χ1n) is 6.75. The summed E-state index contributed by atoms with van der Waals surface area (Å²) in [5.74, 6) is 0.885. The number of hydrogen-bond acceptors (Lipinski definition) is 3. The van der Waals surface area contributed by atoms with Gasteiger partial charge < -0.3 is 5.73 Å². The Morgan fingerprint density at radius 2 is 2.41 bits per heavy atom. The minimum absolute atomic E-state index is 0.529. The van der Waals surface area contributed by atoms with Crippen LogP contribution in [0, 0.1) is 5.92 Å². The minimum Gasteiger partial charge on any atom is -0.329 e. The molecule has 2 N–H and O–H groups in total. The zero-order chi connectivity index (χ0) is 12.3. The van der Waals surface area contributed by atoms with Crippen molar-refractivity contribution in [3.8, 4) is 0 Å². The highest BCUT2D eigenvalue weighted by molar-refractivity contribution is 7.10. The van der Waals surface area contributed by atoms with Crippen molar-refractivity contribution in [3.05, 3.63) is 22.4 Å². The molecule has 2 heterocycles. The number of likely N-dealkylation sites (tertiary alicyclic amines) is 1. The van der Waals surface area contributed by atoms with E-state index in [9.17, 15) is 0 Å². The first-order valence-corrected chi connectivity index (χ1v) is 7.63. The molecule has 0 amide bonds. The van der Waals surface area contributed by atoms with E-state index in [-0.39, 0.29) is 0 Å². The summed E-state index contributed by atoms with van der Waals surface area (Å²) in [6.45, 7) is 6.63. The molecule has 0 radical (unpaired) electrons. The Morgan fingerprint density at radius 1 is 1.59 bits per heavy atom. The van der Waals surface area contributed by atoms with Gasteiger partial charge in [-0.15, -0.1) is 11.3 Å². The number of thiophene rings is 1. The molecule has 3 unspecified atom stereocenters. The van der Waals surface area contributed by atoms with Crippen molar-refractivity contribution in [2.45, 2.75) is 45.2 Å². The Kier molecular flexibility index (Phi) is 4.60. The van der Waals surface area contributed by atoms with Crippen LogP contribution in [-0.2, 0) is 0 Å². The largest absolute Gasteiger partial charge is 0.329 e. The summed E-state index contributed by atoms with van der Waals surface area (Å²) < 4.78 is 0. The lowest BCUT2D eigenvalue weighted by molar-refractivity contribution is 0.0787. The van der Waals surface area contributed by atoms with Gasteiger partial charge in [-0.3, -0.25) is 4.90 Å². The van der Waals surface area contributed by atoms with Gasteiger partial charge in [0.05, 0.1) is 0 Å². The van der Waals surface area contributed by atoms with E-state index >= 15 is 0 Å². The second-order valence-corrected chi connectivity index (χ2v) is 6.10. The van der Waals surface area contributed by atoms with Crippen LogP contribution in [-0.4, -0.2) is 24.0 Å². The molecular formula is C14H24N2S. The van der Waals surface area contributed by atoms with E-state index < -0.39 is 0 Å². The predicted molar refractivity (Wildman–Crippen MR) is 75.3 cm³/mol. The molecule has 0 aliphatic carbocycles. The molecule has 17 heavy (non-hydrogen) atoms. The first-order chi connectivity index (χ1) is 8.26. The maximum Gasteiger partial charge on any atom is 0.0416 e. The van der Waals surface area contributed by atoms with Gasteiger partial charge >= 0.3 is 0 Å². The smallest absolute Gasteiger partial charge is 0.0416 e. The molecule has 1 saturated heterocycles. The Morgan fingerprint density at radius 3 is 3.00 bits per heavy atom. The number of nitrogens with zero attached hydrogens (tertiary/aromatic N) is 1. The molecule has 0 spiro atoms. The van der Waals surface area contributed by atoms with Crippen molar-refractivity contribution in [3.63, 3.8) is 0 Å². The summed E-state index contributed by atoms with van der Waals surface area (Å²) in [5.41, 5.74) is 5.96. The molecule has 2 nitrogen and oxygen atoms in total. The molecule has 0 aromatic carbocycles. The monoisotopic (exact) mass is 252 g/mol. The average molecular weight is 252 g/mol. The van der Waals surface area contributed by atoms with Crippen molar-refractivity contribution >= 4 is 11.3 Å². The van der Waals surface area contributed by atoms with E-state index in [2.05, 4.69) is 36.3 Å². The van der Waals surface area contributed by atoms with E-state index in [1.54, 1.807) is 0 Å². The summed E-state index contributed by atoms with van der Waals surface area (Å²) in [5, 5.41) is 2.17. The fraction of sp³-hybridized carbons (Fsp3) is 0.714. The van der Waals surface area contributed by atoms with Crippen LogP contribution in [0.4, 0.5) is 0 Å². The second-order valence-electron chi connectivity index (χ2n) is 5.12. The minimum atomic E-state index is 0.529. The Bertz CT molecular complexity index is 323. The number of hydrogen-bond donors (Lipinski definition) is 1. The predicted octanol–water partition coefficient (Wildman–Crippen LogP) is 3.26. The Balaban J connectivity index is 2.04. The van der Waals surface area contributed by atoms with E-state index in [0.717, 1.165) is 12.5 Å². The third-order valence-electron chi connectivity index (χ3n) is 4.17. The lowest BCUT2D eigenvalue weighted by atomic mass is 9.88. The lowest BCUT2D eigenvalue weighted by Crippen LogP contribution is -2.47. The highest BCUT2D eigenvalue weighted by Gasteiger charge is 2.30. The Hall–Kier alpha value is -0.380. The molecule has 96 valence electrons. The average Bonchev–Trinajstić information content (AvgIpc) is 2.91. The van der Waals surface area contributed by atoms with Gasteiger partial charge in [0.15, 0.2) is 0 Å². The zero-order valence-electron chi connectivity index (χ0n) is 10.9. The van der Waals surface area contributed by atoms with Crippen molar-refractivity contribution in [2.24, 2.45) is 11.7 Å². The van der Waals surface area contributed by atoms with Gasteiger partial charge in [-0.1, -0.05) is 19.4 Å². The van der Waals surface area contributed by atoms with Gasteiger partial charge in [0.1, 0.15) is 0 Å². The molecule has 3 heteroatoms. The second kappa shape index (κ2) is 5.98. The van der Waals surface area contributed by atoms with Crippen LogP contribution in [0.15, 0.2) is 17.5 Å². The van der Waals surface area contributed by atoms with Gasteiger partial charge in [-0.2, -0.15) is 0 Å². The highest BCUT2D eigenvalue weighted by Crippen LogP contribution is 2.33. The summed E-state index contributed by atoms with van der Waals surface area (Å²) >= 11 is 1.86. The van der Waals surface area contributed by atoms with Crippen molar-refractivity contribution in [2.75, 3.05) is 13.1 Å². The van der Waals surface area contributed by atoms with E-state index in [4.69, 9.17) is 5.73 Å². The van der Waals surface area contributed by atoms with Gasteiger partial charge in [-0.25, -0.2) is 0 Å². The lowest BCUT2D eigenvalue weighted by Gasteiger charge is -2.42. The molecule has 1 aliphatic rings. The molecule has 0 bridgehead atoms. The van der Waals surface area contributed by atoms with E-state index in [1.807, 2.05) is 11.3 Å². The number of nitrogens with two attached hydrogens (primary N) is 1. The highest BCUT2D eigenvalue weighted by atomic mass is 32.1. The van der Waals surface area contributed by atoms with Gasteiger partial charge in [-0.05, 0) is 43.7 Å². The summed E-state index contributed by atoms with van der Waals surface area (Å²) in [6, 6.07) is 5.49. The normalized spacial score (nSPS) is 28.2. The topological polar surface area (TPSA) is 29.3 Å². The van der Waals surface area contributed by atoms with Gasteiger partial charge in [0.25, 0.3) is 0 Å². The van der Waals surface area contributed by atoms with Gasteiger partial charge in [0.2, 0.25) is 0 Å². The van der Waals surface area contributed by atoms with Crippen LogP contribution in [0.1, 0.15) is 44.0 Å². The fourth-order valence-electron chi connectivity index (χ4n) is 2.96. The fourth-order valence-corrected chi connectivity index (χ4v) is 3.76. The number of piperidine rings is 1. The maximum atomic E-state index is 5.96. The molecule has 1 aromatic rings.